The molecule has 2 N–H and O–H groups in total. The molecule has 14 heavy (non-hydrogen) atoms. The summed E-state index contributed by atoms with van der Waals surface area (Å²) in [5.41, 5.74) is 0.371. The fraction of sp³-hybridized carbons (Fsp3) is 0. The zero-order chi connectivity index (χ0) is 10.1. The van der Waals surface area contributed by atoms with Crippen LogP contribution in [-0.2, 0) is 0 Å². The number of fused-ring (bicyclic) bond motifs is 1. The van der Waals surface area contributed by atoms with Gasteiger partial charge in [-0.05, 0) is 23.6 Å². The summed E-state index contributed by atoms with van der Waals surface area (Å²) in [6.07, 6.45) is 0.654. The van der Waals surface area contributed by atoms with Crippen LogP contribution >= 0.6 is 0 Å². The first-order valence-electron chi connectivity index (χ1n) is 4.12. The highest BCUT2D eigenvalue weighted by Crippen LogP contribution is 2.29. The average molecular weight is 188 g/mol. The van der Waals surface area contributed by atoms with Crippen molar-refractivity contribution >= 4 is 17.1 Å². The third-order valence-corrected chi connectivity index (χ3v) is 2.12. The Hall–Kier alpha value is -2.03. The molecule has 0 fully saturated rings. The maximum Gasteiger partial charge on any atom is 0.150 e. The Morgan fingerprint density at radius 2 is 1.86 bits per heavy atom. The number of carbonyl (C=O) groups is 1. The van der Waals surface area contributed by atoms with Crippen LogP contribution in [0.3, 0.4) is 0 Å². The Morgan fingerprint density at radius 3 is 2.57 bits per heavy atom. The summed E-state index contributed by atoms with van der Waals surface area (Å²) in [4.78, 5) is 10.7. The van der Waals surface area contributed by atoms with Crippen molar-refractivity contribution in [3.05, 3.63) is 35.9 Å². The van der Waals surface area contributed by atoms with Gasteiger partial charge < -0.3 is 10.2 Å². The van der Waals surface area contributed by atoms with E-state index in [1.165, 1.54) is 18.2 Å². The summed E-state index contributed by atoms with van der Waals surface area (Å²) < 4.78 is 0. The lowest BCUT2D eigenvalue weighted by atomic mass is 10.0. The Bertz CT molecular complexity index is 503. The molecule has 0 amide bonds. The molecule has 0 radical (unpaired) electrons. The van der Waals surface area contributed by atoms with Crippen LogP contribution in [0.2, 0.25) is 0 Å². The van der Waals surface area contributed by atoms with Gasteiger partial charge in [-0.15, -0.1) is 0 Å². The molecular formula is C11H8O3. The molecule has 0 aromatic heterocycles. The van der Waals surface area contributed by atoms with Gasteiger partial charge in [-0.1, -0.05) is 12.1 Å². The van der Waals surface area contributed by atoms with Crippen molar-refractivity contribution in [2.75, 3.05) is 0 Å². The number of phenolic OH excluding ortho intramolecular Hbond substituents is 2. The smallest absolute Gasteiger partial charge is 0.150 e. The Labute approximate surface area is 80.2 Å². The third-order valence-electron chi connectivity index (χ3n) is 2.12. The lowest BCUT2D eigenvalue weighted by Crippen LogP contribution is -1.83. The second-order valence-corrected chi connectivity index (χ2v) is 3.03. The maximum atomic E-state index is 10.7. The normalized spacial score (nSPS) is 10.3. The van der Waals surface area contributed by atoms with Gasteiger partial charge in [-0.3, -0.25) is 4.79 Å². The van der Waals surface area contributed by atoms with Crippen LogP contribution in [0.1, 0.15) is 10.4 Å². The molecule has 0 aliphatic heterocycles. The van der Waals surface area contributed by atoms with Crippen molar-refractivity contribution in [1.82, 2.24) is 0 Å². The first kappa shape index (κ1) is 8.56. The van der Waals surface area contributed by atoms with Crippen molar-refractivity contribution in [3.8, 4) is 11.5 Å². The lowest BCUT2D eigenvalue weighted by Gasteiger charge is -2.03. The molecule has 0 atom stereocenters. The second-order valence-electron chi connectivity index (χ2n) is 3.03. The van der Waals surface area contributed by atoms with E-state index in [9.17, 15) is 15.0 Å². The highest BCUT2D eigenvalue weighted by Gasteiger charge is 2.05. The summed E-state index contributed by atoms with van der Waals surface area (Å²) >= 11 is 0. The standard InChI is InChI=1S/C11H8O3/c12-6-7-4-8(13)5-10-9(7)2-1-3-11(10)14/h1-6,13-14H. The Morgan fingerprint density at radius 1 is 1.07 bits per heavy atom. The molecule has 0 aliphatic rings. The predicted molar refractivity (Wildman–Crippen MR) is 52.7 cm³/mol. The molecule has 0 unspecified atom stereocenters. The van der Waals surface area contributed by atoms with Gasteiger partial charge in [0.15, 0.2) is 6.29 Å². The first-order chi connectivity index (χ1) is 6.72. The SMILES string of the molecule is O=Cc1cc(O)cc2c(O)cccc12. The van der Waals surface area contributed by atoms with Crippen LogP contribution < -0.4 is 0 Å². The molecule has 3 heteroatoms. The van der Waals surface area contributed by atoms with Crippen LogP contribution in [0.15, 0.2) is 30.3 Å². The number of aldehydes is 1. The van der Waals surface area contributed by atoms with Gasteiger partial charge >= 0.3 is 0 Å². The number of hydrogen-bond acceptors (Lipinski definition) is 3. The number of aromatic hydroxyl groups is 2. The second kappa shape index (κ2) is 3.03. The van der Waals surface area contributed by atoms with Crippen LogP contribution in [0.4, 0.5) is 0 Å². The van der Waals surface area contributed by atoms with Crippen LogP contribution in [-0.4, -0.2) is 16.5 Å². The van der Waals surface area contributed by atoms with E-state index in [4.69, 9.17) is 0 Å². The monoisotopic (exact) mass is 188 g/mol. The molecule has 2 rings (SSSR count). The molecule has 2 aromatic rings. The van der Waals surface area contributed by atoms with Gasteiger partial charge in [0, 0.05) is 10.9 Å². The molecule has 0 saturated carbocycles. The molecular weight excluding hydrogens is 180 g/mol. The minimum atomic E-state index is -0.0268. The molecule has 0 spiro atoms. The van der Waals surface area contributed by atoms with E-state index < -0.39 is 0 Å². The summed E-state index contributed by atoms with van der Waals surface area (Å²) in [7, 11) is 0. The molecule has 0 saturated heterocycles. The molecule has 2 aromatic carbocycles. The van der Waals surface area contributed by atoms with Crippen LogP contribution in [0, 0.1) is 0 Å². The zero-order valence-corrected chi connectivity index (χ0v) is 7.27. The average Bonchev–Trinajstić information content (AvgIpc) is 2.18. The summed E-state index contributed by atoms with van der Waals surface area (Å²) in [6, 6.07) is 7.68. The van der Waals surface area contributed by atoms with Crippen LogP contribution in [0.5, 0.6) is 11.5 Å². The van der Waals surface area contributed by atoms with Gasteiger partial charge in [0.25, 0.3) is 0 Å². The fourth-order valence-corrected chi connectivity index (χ4v) is 1.48. The topological polar surface area (TPSA) is 57.5 Å². The fourth-order valence-electron chi connectivity index (χ4n) is 1.48. The van der Waals surface area contributed by atoms with Gasteiger partial charge in [0.1, 0.15) is 11.5 Å². The number of benzene rings is 2. The number of rotatable bonds is 1. The van der Waals surface area contributed by atoms with Gasteiger partial charge in [-0.2, -0.15) is 0 Å². The molecule has 0 bridgehead atoms. The molecule has 0 heterocycles. The maximum absolute atomic E-state index is 10.7. The number of hydrogen-bond donors (Lipinski definition) is 2. The van der Waals surface area contributed by atoms with E-state index in [1.54, 1.807) is 12.1 Å². The Kier molecular flexibility index (Phi) is 1.85. The van der Waals surface area contributed by atoms with Crippen molar-refractivity contribution in [2.24, 2.45) is 0 Å². The molecule has 0 aliphatic carbocycles. The van der Waals surface area contributed by atoms with E-state index in [1.807, 2.05) is 0 Å². The predicted octanol–water partition coefficient (Wildman–Crippen LogP) is 2.06. The van der Waals surface area contributed by atoms with E-state index in [0.29, 0.717) is 22.6 Å². The van der Waals surface area contributed by atoms with Gasteiger partial charge in [-0.25, -0.2) is 0 Å². The van der Waals surface area contributed by atoms with E-state index in [0.717, 1.165) is 0 Å². The van der Waals surface area contributed by atoms with Crippen molar-refractivity contribution in [3.63, 3.8) is 0 Å². The minimum absolute atomic E-state index is 0.0268. The van der Waals surface area contributed by atoms with Crippen LogP contribution in [0.25, 0.3) is 10.8 Å². The largest absolute Gasteiger partial charge is 0.508 e. The van der Waals surface area contributed by atoms with E-state index in [-0.39, 0.29) is 11.5 Å². The summed E-state index contributed by atoms with van der Waals surface area (Å²) in [5.74, 6) is 0.0302. The highest BCUT2D eigenvalue weighted by atomic mass is 16.3. The summed E-state index contributed by atoms with van der Waals surface area (Å²) in [6.45, 7) is 0. The number of carbonyl (C=O) groups excluding carboxylic acids is 1. The zero-order valence-electron chi connectivity index (χ0n) is 7.27. The van der Waals surface area contributed by atoms with E-state index in [2.05, 4.69) is 0 Å². The van der Waals surface area contributed by atoms with E-state index >= 15 is 0 Å². The lowest BCUT2D eigenvalue weighted by molar-refractivity contribution is 0.112. The van der Waals surface area contributed by atoms with Crippen molar-refractivity contribution in [1.29, 1.82) is 0 Å². The minimum Gasteiger partial charge on any atom is -0.508 e. The quantitative estimate of drug-likeness (QED) is 0.673. The van der Waals surface area contributed by atoms with Crippen molar-refractivity contribution < 1.29 is 15.0 Å². The number of phenols is 2. The van der Waals surface area contributed by atoms with Gasteiger partial charge in [0.2, 0.25) is 0 Å². The Balaban J connectivity index is 2.94. The summed E-state index contributed by atoms with van der Waals surface area (Å²) in [5, 5.41) is 19.9. The van der Waals surface area contributed by atoms with Gasteiger partial charge in [0.05, 0.1) is 0 Å². The first-order valence-corrected chi connectivity index (χ1v) is 4.12. The highest BCUT2D eigenvalue weighted by molar-refractivity contribution is 6.01. The van der Waals surface area contributed by atoms with Crippen molar-refractivity contribution in [2.45, 2.75) is 0 Å². The third kappa shape index (κ3) is 1.19. The molecule has 3 nitrogen and oxygen atoms in total. The molecule has 70 valence electrons.